The van der Waals surface area contributed by atoms with Crippen LogP contribution in [0.4, 0.5) is 0 Å². The fourth-order valence-corrected chi connectivity index (χ4v) is 6.75. The van der Waals surface area contributed by atoms with Gasteiger partial charge in [-0.3, -0.25) is 4.79 Å². The number of allylic oxidation sites excluding steroid dienone is 2. The number of aliphatic hydroxyl groups is 3. The van der Waals surface area contributed by atoms with E-state index in [4.69, 9.17) is 0 Å². The van der Waals surface area contributed by atoms with Gasteiger partial charge in [-0.15, -0.1) is 0 Å². The van der Waals surface area contributed by atoms with Gasteiger partial charge < -0.3 is 20.6 Å². The van der Waals surface area contributed by atoms with Crippen molar-refractivity contribution in [3.05, 3.63) is 12.2 Å². The molecule has 4 N–H and O–H groups in total. The molecule has 0 saturated heterocycles. The second-order valence-corrected chi connectivity index (χ2v) is 15.0. The SMILES string of the molecule is CCCCCCCCCCCCCC/C=C\CCCCCCCCC(O)CC(=O)NC(CO)C(O)CCCCCCCCCCCCC. The van der Waals surface area contributed by atoms with E-state index in [2.05, 4.69) is 31.3 Å². The van der Waals surface area contributed by atoms with Crippen molar-refractivity contribution in [1.82, 2.24) is 5.32 Å². The smallest absolute Gasteiger partial charge is 0.222 e. The summed E-state index contributed by atoms with van der Waals surface area (Å²) >= 11 is 0. The summed E-state index contributed by atoms with van der Waals surface area (Å²) in [6.45, 7) is 4.26. The van der Waals surface area contributed by atoms with Gasteiger partial charge in [0.1, 0.15) is 0 Å². The molecule has 3 atom stereocenters. The molecule has 1 amide bonds. The first-order valence-corrected chi connectivity index (χ1v) is 21.5. The molecule has 0 aromatic rings. The van der Waals surface area contributed by atoms with Crippen LogP contribution < -0.4 is 5.32 Å². The van der Waals surface area contributed by atoms with E-state index >= 15 is 0 Å². The van der Waals surface area contributed by atoms with Gasteiger partial charge in [0.05, 0.1) is 31.3 Å². The highest BCUT2D eigenvalue weighted by atomic mass is 16.3. The van der Waals surface area contributed by atoms with Gasteiger partial charge in [-0.1, -0.05) is 199 Å². The van der Waals surface area contributed by atoms with E-state index in [9.17, 15) is 20.1 Å². The van der Waals surface area contributed by atoms with Crippen molar-refractivity contribution in [1.29, 1.82) is 0 Å². The lowest BCUT2D eigenvalue weighted by molar-refractivity contribution is -0.125. The molecule has 5 nitrogen and oxygen atoms in total. The summed E-state index contributed by atoms with van der Waals surface area (Å²) < 4.78 is 0. The molecule has 286 valence electrons. The summed E-state index contributed by atoms with van der Waals surface area (Å²) in [5, 5.41) is 33.3. The molecule has 3 unspecified atom stereocenters. The second-order valence-electron chi connectivity index (χ2n) is 15.0. The maximum atomic E-state index is 12.4. The number of carbonyl (C=O) groups is 1. The molecule has 0 rings (SSSR count). The number of carbonyl (C=O) groups excluding carboxylic acids is 1. The van der Waals surface area contributed by atoms with Crippen molar-refractivity contribution in [2.45, 2.75) is 250 Å². The van der Waals surface area contributed by atoms with Gasteiger partial charge in [-0.05, 0) is 38.5 Å². The molecule has 0 heterocycles. The first kappa shape index (κ1) is 47.1. The van der Waals surface area contributed by atoms with Gasteiger partial charge in [0.15, 0.2) is 0 Å². The van der Waals surface area contributed by atoms with Crippen molar-refractivity contribution >= 4 is 5.91 Å². The minimum atomic E-state index is -0.746. The summed E-state index contributed by atoms with van der Waals surface area (Å²) in [5.41, 5.74) is 0. The van der Waals surface area contributed by atoms with E-state index in [0.29, 0.717) is 12.8 Å². The lowest BCUT2D eigenvalue weighted by Crippen LogP contribution is -2.46. The minimum absolute atomic E-state index is 0.0350. The van der Waals surface area contributed by atoms with Crippen LogP contribution in [0, 0.1) is 0 Å². The Balaban J connectivity index is 3.58. The molecule has 0 aliphatic heterocycles. The third-order valence-corrected chi connectivity index (χ3v) is 10.1. The molecule has 0 aromatic heterocycles. The number of nitrogens with one attached hydrogen (secondary N) is 1. The number of amides is 1. The van der Waals surface area contributed by atoms with Gasteiger partial charge >= 0.3 is 0 Å². The molecule has 0 bridgehead atoms. The van der Waals surface area contributed by atoms with Gasteiger partial charge in [-0.2, -0.15) is 0 Å². The summed E-state index contributed by atoms with van der Waals surface area (Å²) in [5.74, 6) is -0.286. The molecular formula is C43H85NO4. The summed E-state index contributed by atoms with van der Waals surface area (Å²) in [6, 6.07) is -0.656. The third-order valence-electron chi connectivity index (χ3n) is 10.1. The lowest BCUT2D eigenvalue weighted by atomic mass is 10.0. The van der Waals surface area contributed by atoms with Crippen molar-refractivity contribution in [3.63, 3.8) is 0 Å². The van der Waals surface area contributed by atoms with Crippen LogP contribution in [-0.2, 0) is 4.79 Å². The molecule has 0 spiro atoms. The van der Waals surface area contributed by atoms with Gasteiger partial charge in [-0.25, -0.2) is 0 Å². The quantitative estimate of drug-likeness (QED) is 0.0384. The number of rotatable bonds is 39. The number of aliphatic hydroxyl groups excluding tert-OH is 3. The van der Waals surface area contributed by atoms with E-state index in [0.717, 1.165) is 25.7 Å². The Morgan fingerprint density at radius 2 is 0.833 bits per heavy atom. The Bertz CT molecular complexity index is 669. The van der Waals surface area contributed by atoms with E-state index in [1.165, 1.54) is 173 Å². The highest BCUT2D eigenvalue weighted by Crippen LogP contribution is 2.16. The first-order valence-electron chi connectivity index (χ1n) is 21.5. The van der Waals surface area contributed by atoms with Crippen molar-refractivity contribution in [2.24, 2.45) is 0 Å². The average Bonchev–Trinajstić information content (AvgIpc) is 3.08. The molecule has 48 heavy (non-hydrogen) atoms. The lowest BCUT2D eigenvalue weighted by Gasteiger charge is -2.23. The Kier molecular flexibility index (Phi) is 38.1. The highest BCUT2D eigenvalue weighted by Gasteiger charge is 2.21. The topological polar surface area (TPSA) is 89.8 Å². The van der Waals surface area contributed by atoms with Gasteiger partial charge in [0.2, 0.25) is 5.91 Å². The maximum absolute atomic E-state index is 12.4. The summed E-state index contributed by atoms with van der Waals surface area (Å²) in [4.78, 5) is 12.4. The van der Waals surface area contributed by atoms with Crippen molar-refractivity contribution in [2.75, 3.05) is 6.61 Å². The molecule has 0 aliphatic rings. The predicted octanol–water partition coefficient (Wildman–Crippen LogP) is 12.0. The molecule has 5 heteroatoms. The van der Waals surface area contributed by atoms with Crippen molar-refractivity contribution in [3.8, 4) is 0 Å². The summed E-state index contributed by atoms with van der Waals surface area (Å²) in [6.07, 6.45) is 44.7. The van der Waals surface area contributed by atoms with E-state index < -0.39 is 18.2 Å². The van der Waals surface area contributed by atoms with E-state index in [1.54, 1.807) is 0 Å². The molecule has 0 fully saturated rings. The molecule has 0 radical (unpaired) electrons. The normalized spacial score (nSPS) is 13.7. The Morgan fingerprint density at radius 3 is 1.21 bits per heavy atom. The fraction of sp³-hybridized carbons (Fsp3) is 0.930. The van der Waals surface area contributed by atoms with Crippen LogP contribution >= 0.6 is 0 Å². The highest BCUT2D eigenvalue weighted by molar-refractivity contribution is 5.76. The summed E-state index contributed by atoms with van der Waals surface area (Å²) in [7, 11) is 0. The van der Waals surface area contributed by atoms with Crippen LogP contribution in [0.3, 0.4) is 0 Å². The Hall–Kier alpha value is -0.910. The average molecular weight is 680 g/mol. The molecule has 0 aliphatic carbocycles. The van der Waals surface area contributed by atoms with Gasteiger partial charge in [0, 0.05) is 0 Å². The van der Waals surface area contributed by atoms with Crippen LogP contribution in [0.25, 0.3) is 0 Å². The standard InChI is InChI=1S/C43H85NO4/c1-3-5-7-9-11-13-15-16-17-18-19-20-21-22-23-24-25-27-28-30-32-34-36-40(46)38-43(48)44-41(39-45)42(47)37-35-33-31-29-26-14-12-10-8-6-4-2/h22-23,40-42,45-47H,3-21,24-39H2,1-2H3,(H,44,48)/b23-22-. The fourth-order valence-electron chi connectivity index (χ4n) is 6.75. The van der Waals surface area contributed by atoms with Crippen LogP contribution in [0.2, 0.25) is 0 Å². The predicted molar refractivity (Wildman–Crippen MR) is 208 cm³/mol. The van der Waals surface area contributed by atoms with Gasteiger partial charge in [0.25, 0.3) is 0 Å². The van der Waals surface area contributed by atoms with Crippen LogP contribution in [0.5, 0.6) is 0 Å². The monoisotopic (exact) mass is 680 g/mol. The minimum Gasteiger partial charge on any atom is -0.394 e. The zero-order valence-electron chi connectivity index (χ0n) is 32.4. The Labute approximate surface area is 299 Å². The van der Waals surface area contributed by atoms with Crippen LogP contribution in [0.1, 0.15) is 232 Å². The third kappa shape index (κ3) is 34.9. The van der Waals surface area contributed by atoms with E-state index in [1.807, 2.05) is 0 Å². The maximum Gasteiger partial charge on any atom is 0.222 e. The Morgan fingerprint density at radius 1 is 0.500 bits per heavy atom. The zero-order valence-corrected chi connectivity index (χ0v) is 32.4. The largest absolute Gasteiger partial charge is 0.394 e. The second kappa shape index (κ2) is 38.9. The number of hydrogen-bond acceptors (Lipinski definition) is 4. The molecule has 0 saturated carbocycles. The number of unbranched alkanes of at least 4 members (excludes halogenated alkanes) is 28. The van der Waals surface area contributed by atoms with E-state index in [-0.39, 0.29) is 18.9 Å². The van der Waals surface area contributed by atoms with Crippen LogP contribution in [-0.4, -0.2) is 46.1 Å². The number of hydrogen-bond donors (Lipinski definition) is 4. The first-order chi connectivity index (χ1) is 23.5. The van der Waals surface area contributed by atoms with Crippen LogP contribution in [0.15, 0.2) is 12.2 Å². The zero-order chi connectivity index (χ0) is 35.2. The molecular weight excluding hydrogens is 594 g/mol. The van der Waals surface area contributed by atoms with Crippen molar-refractivity contribution < 1.29 is 20.1 Å². The molecule has 0 aromatic carbocycles.